The number of benzene rings is 4. The van der Waals surface area contributed by atoms with Gasteiger partial charge in [0.2, 0.25) is 0 Å². The van der Waals surface area contributed by atoms with Gasteiger partial charge in [-0.15, -0.1) is 0 Å². The van der Waals surface area contributed by atoms with E-state index in [-0.39, 0.29) is 12.2 Å². The van der Waals surface area contributed by atoms with Gasteiger partial charge in [-0.05, 0) is 87.0 Å². The SMILES string of the molecule is CCOC(=O)C1=C(c2ccccc2)N=c2s/c(=C\c3cc(I)c(OCc4ccccc4)c(I)c3)c(=O)n2C1c1ccccc1. The molecule has 0 radical (unpaired) electrons. The molecule has 5 aromatic rings. The Bertz CT molecular complexity index is 2020. The molecule has 0 saturated heterocycles. The van der Waals surface area contributed by atoms with Crippen LogP contribution in [0.25, 0.3) is 11.8 Å². The lowest BCUT2D eigenvalue weighted by Crippen LogP contribution is -2.40. The molecular weight excluding hydrogens is 798 g/mol. The Hall–Kier alpha value is -3.55. The highest BCUT2D eigenvalue weighted by molar-refractivity contribution is 14.1. The number of hydrogen-bond acceptors (Lipinski definition) is 6. The van der Waals surface area contributed by atoms with Crippen LogP contribution in [-0.4, -0.2) is 17.1 Å². The number of thiazole rings is 1. The van der Waals surface area contributed by atoms with Gasteiger partial charge < -0.3 is 9.47 Å². The lowest BCUT2D eigenvalue weighted by Gasteiger charge is -2.25. The second kappa shape index (κ2) is 13.6. The Labute approximate surface area is 285 Å². The lowest BCUT2D eigenvalue weighted by atomic mass is 9.93. The van der Waals surface area contributed by atoms with Gasteiger partial charge in [0, 0.05) is 5.56 Å². The van der Waals surface area contributed by atoms with Crippen molar-refractivity contribution < 1.29 is 14.3 Å². The summed E-state index contributed by atoms with van der Waals surface area (Å²) >= 11 is 5.86. The van der Waals surface area contributed by atoms with Crippen LogP contribution in [0.3, 0.4) is 0 Å². The summed E-state index contributed by atoms with van der Waals surface area (Å²) in [4.78, 5) is 33.1. The summed E-state index contributed by atoms with van der Waals surface area (Å²) in [5.41, 5.74) is 4.18. The Kier molecular flexibility index (Phi) is 9.43. The van der Waals surface area contributed by atoms with Crippen LogP contribution in [0.4, 0.5) is 0 Å². The summed E-state index contributed by atoms with van der Waals surface area (Å²) in [6, 6.07) is 32.5. The van der Waals surface area contributed by atoms with E-state index in [1.165, 1.54) is 11.3 Å². The van der Waals surface area contributed by atoms with Crippen LogP contribution in [0, 0.1) is 7.14 Å². The molecule has 2 heterocycles. The first kappa shape index (κ1) is 30.5. The number of ether oxygens (including phenoxy) is 2. The van der Waals surface area contributed by atoms with Gasteiger partial charge in [0.1, 0.15) is 12.4 Å². The van der Waals surface area contributed by atoms with Gasteiger partial charge in [0.05, 0.1) is 35.6 Å². The van der Waals surface area contributed by atoms with Gasteiger partial charge in [0.25, 0.3) is 5.56 Å². The number of nitrogens with zero attached hydrogens (tertiary/aromatic N) is 2. The van der Waals surface area contributed by atoms with Gasteiger partial charge in [-0.25, -0.2) is 9.79 Å². The maximum Gasteiger partial charge on any atom is 0.338 e. The molecule has 0 amide bonds. The molecule has 1 aromatic heterocycles. The molecule has 0 fully saturated rings. The second-order valence-corrected chi connectivity index (χ2v) is 13.3. The number of esters is 1. The number of aromatic nitrogens is 1. The summed E-state index contributed by atoms with van der Waals surface area (Å²) in [6.07, 6.45) is 1.88. The Balaban J connectivity index is 1.48. The average molecular weight is 824 g/mol. The largest absolute Gasteiger partial charge is 0.487 e. The monoisotopic (exact) mass is 824 g/mol. The third kappa shape index (κ3) is 6.31. The van der Waals surface area contributed by atoms with Crippen molar-refractivity contribution in [3.05, 3.63) is 158 Å². The lowest BCUT2D eigenvalue weighted by molar-refractivity contribution is -0.138. The van der Waals surface area contributed by atoms with Crippen LogP contribution < -0.4 is 19.6 Å². The second-order valence-electron chi connectivity index (χ2n) is 9.93. The minimum Gasteiger partial charge on any atom is -0.487 e. The zero-order valence-corrected chi connectivity index (χ0v) is 28.7. The van der Waals surface area contributed by atoms with E-state index < -0.39 is 12.0 Å². The van der Waals surface area contributed by atoms with Crippen molar-refractivity contribution in [3.8, 4) is 5.75 Å². The smallest absolute Gasteiger partial charge is 0.338 e. The quantitative estimate of drug-likeness (QED) is 0.129. The van der Waals surface area contributed by atoms with Crippen molar-refractivity contribution in [2.75, 3.05) is 6.61 Å². The van der Waals surface area contributed by atoms with Crippen molar-refractivity contribution in [1.29, 1.82) is 0 Å². The highest BCUT2D eigenvalue weighted by Gasteiger charge is 2.35. The molecular formula is C35H26I2N2O4S. The standard InChI is InChI=1S/C35H26I2N2O4S/c1-2-42-34(41)29-30(24-14-8-4-9-15-24)38-35-39(31(29)25-16-10-5-11-17-25)33(40)28(44-35)20-23-18-26(36)32(27(37)19-23)43-21-22-12-6-3-7-13-22/h3-20,31H,2,21H2,1H3/b28-20-. The normalized spacial score (nSPS) is 14.6. The van der Waals surface area contributed by atoms with Crippen molar-refractivity contribution in [2.24, 2.45) is 4.99 Å². The highest BCUT2D eigenvalue weighted by atomic mass is 127. The molecule has 0 saturated carbocycles. The van der Waals surface area contributed by atoms with Crippen LogP contribution in [0.2, 0.25) is 0 Å². The summed E-state index contributed by atoms with van der Waals surface area (Å²) in [5.74, 6) is 0.317. The van der Waals surface area contributed by atoms with Crippen molar-refractivity contribution in [2.45, 2.75) is 19.6 Å². The number of rotatable bonds is 8. The average Bonchev–Trinajstić information content (AvgIpc) is 3.35. The number of carbonyl (C=O) groups excluding carboxylic acids is 1. The molecule has 0 bridgehead atoms. The highest BCUT2D eigenvalue weighted by Crippen LogP contribution is 2.35. The molecule has 220 valence electrons. The molecule has 1 aliphatic rings. The maximum absolute atomic E-state index is 14.1. The fraction of sp³-hybridized carbons (Fsp3) is 0.114. The molecule has 0 N–H and O–H groups in total. The van der Waals surface area contributed by atoms with E-state index in [0.717, 1.165) is 35.1 Å². The van der Waals surface area contributed by atoms with E-state index >= 15 is 0 Å². The van der Waals surface area contributed by atoms with Gasteiger partial charge in [-0.2, -0.15) is 0 Å². The predicted molar refractivity (Wildman–Crippen MR) is 190 cm³/mol. The fourth-order valence-electron chi connectivity index (χ4n) is 5.07. The van der Waals surface area contributed by atoms with Gasteiger partial charge in [0.15, 0.2) is 4.80 Å². The zero-order chi connectivity index (χ0) is 30.6. The fourth-order valence-corrected chi connectivity index (χ4v) is 8.20. The number of carbonyl (C=O) groups is 1. The van der Waals surface area contributed by atoms with Gasteiger partial charge in [-0.3, -0.25) is 9.36 Å². The Morgan fingerprint density at radius 1 is 0.932 bits per heavy atom. The van der Waals surface area contributed by atoms with Crippen molar-refractivity contribution in [3.63, 3.8) is 0 Å². The Morgan fingerprint density at radius 2 is 1.55 bits per heavy atom. The summed E-state index contributed by atoms with van der Waals surface area (Å²) in [5, 5.41) is 0. The minimum absolute atomic E-state index is 0.207. The van der Waals surface area contributed by atoms with E-state index in [2.05, 4.69) is 45.2 Å². The first-order valence-electron chi connectivity index (χ1n) is 13.9. The summed E-state index contributed by atoms with van der Waals surface area (Å²) in [7, 11) is 0. The van der Waals surface area contributed by atoms with Gasteiger partial charge >= 0.3 is 5.97 Å². The molecule has 6 nitrogen and oxygen atoms in total. The van der Waals surface area contributed by atoms with E-state index in [1.807, 2.05) is 109 Å². The molecule has 9 heteroatoms. The minimum atomic E-state index is -0.696. The summed E-state index contributed by atoms with van der Waals surface area (Å²) < 4.78 is 15.7. The third-order valence-corrected chi connectivity index (χ3v) is 9.62. The van der Waals surface area contributed by atoms with Crippen LogP contribution in [0.5, 0.6) is 5.75 Å². The molecule has 4 aromatic carbocycles. The molecule has 44 heavy (non-hydrogen) atoms. The topological polar surface area (TPSA) is 69.9 Å². The van der Waals surface area contributed by atoms with Crippen LogP contribution in [0.15, 0.2) is 118 Å². The van der Waals surface area contributed by atoms with E-state index in [1.54, 1.807) is 11.5 Å². The van der Waals surface area contributed by atoms with E-state index in [4.69, 9.17) is 14.5 Å². The van der Waals surface area contributed by atoms with Crippen molar-refractivity contribution in [1.82, 2.24) is 4.57 Å². The molecule has 1 aliphatic heterocycles. The Morgan fingerprint density at radius 3 is 2.18 bits per heavy atom. The first-order chi connectivity index (χ1) is 21.4. The molecule has 0 spiro atoms. The maximum atomic E-state index is 14.1. The van der Waals surface area contributed by atoms with Crippen LogP contribution >= 0.6 is 56.5 Å². The molecule has 1 unspecified atom stereocenters. The predicted octanol–water partition coefficient (Wildman–Crippen LogP) is 6.72. The third-order valence-electron chi connectivity index (χ3n) is 7.03. The number of hydrogen-bond donors (Lipinski definition) is 0. The van der Waals surface area contributed by atoms with E-state index in [0.29, 0.717) is 27.2 Å². The molecule has 0 aliphatic carbocycles. The van der Waals surface area contributed by atoms with Gasteiger partial charge in [-0.1, -0.05) is 102 Å². The summed E-state index contributed by atoms with van der Waals surface area (Å²) in [6.45, 7) is 2.45. The van der Waals surface area contributed by atoms with E-state index in [9.17, 15) is 9.59 Å². The zero-order valence-electron chi connectivity index (χ0n) is 23.6. The number of halogens is 2. The number of fused-ring (bicyclic) bond motifs is 1. The molecule has 1 atom stereocenters. The van der Waals surface area contributed by atoms with Crippen LogP contribution in [0.1, 0.15) is 35.2 Å². The van der Waals surface area contributed by atoms with Crippen LogP contribution in [-0.2, 0) is 16.1 Å². The van der Waals surface area contributed by atoms with Crippen molar-refractivity contribution >= 4 is 74.3 Å². The molecule has 6 rings (SSSR count). The first-order valence-corrected chi connectivity index (χ1v) is 16.9.